The molecule has 2 saturated carbocycles. The lowest BCUT2D eigenvalue weighted by Crippen LogP contribution is -2.53. The Morgan fingerprint density at radius 2 is 1.86 bits per heavy atom. The van der Waals surface area contributed by atoms with Crippen molar-refractivity contribution in [2.24, 2.45) is 16.7 Å². The van der Waals surface area contributed by atoms with Gasteiger partial charge >= 0.3 is 0 Å². The van der Waals surface area contributed by atoms with Crippen molar-refractivity contribution in [2.75, 3.05) is 20.6 Å². The van der Waals surface area contributed by atoms with Gasteiger partial charge in [-0.2, -0.15) is 0 Å². The summed E-state index contributed by atoms with van der Waals surface area (Å²) in [6.07, 6.45) is 3.16. The van der Waals surface area contributed by atoms with Crippen molar-refractivity contribution in [3.63, 3.8) is 0 Å². The number of Topliss-reactive ketones (excluding diaryl/α,β-unsaturated/α-hetero) is 1. The molecule has 2 heteroatoms. The van der Waals surface area contributed by atoms with Crippen molar-refractivity contribution in [1.82, 2.24) is 0 Å². The third-order valence-corrected chi connectivity index (χ3v) is 6.29. The molecule has 0 amide bonds. The van der Waals surface area contributed by atoms with Crippen LogP contribution in [0.25, 0.3) is 0 Å². The van der Waals surface area contributed by atoms with E-state index in [0.29, 0.717) is 11.7 Å². The molecule has 0 aliphatic heterocycles. The second-order valence-corrected chi connectivity index (χ2v) is 8.40. The van der Waals surface area contributed by atoms with Gasteiger partial charge in [0.15, 0.2) is 0 Å². The molecule has 2 unspecified atom stereocenters. The maximum absolute atomic E-state index is 12.7. The van der Waals surface area contributed by atoms with Gasteiger partial charge in [-0.1, -0.05) is 44.2 Å². The van der Waals surface area contributed by atoms with Crippen molar-refractivity contribution in [3.8, 4) is 0 Å². The molecule has 114 valence electrons. The molecular weight excluding hydrogens is 258 g/mol. The summed E-state index contributed by atoms with van der Waals surface area (Å²) < 4.78 is 0.895. The summed E-state index contributed by atoms with van der Waals surface area (Å²) in [4.78, 5) is 12.7. The first-order valence-electron chi connectivity index (χ1n) is 8.16. The molecule has 1 aromatic rings. The zero-order valence-electron chi connectivity index (χ0n) is 13.9. The van der Waals surface area contributed by atoms with Crippen LogP contribution in [-0.4, -0.2) is 30.9 Å². The zero-order chi connectivity index (χ0) is 15.3. The van der Waals surface area contributed by atoms with Gasteiger partial charge in [-0.05, 0) is 24.2 Å². The molecule has 2 fully saturated rings. The van der Waals surface area contributed by atoms with Crippen molar-refractivity contribution >= 4 is 5.78 Å². The van der Waals surface area contributed by atoms with Crippen LogP contribution in [0.5, 0.6) is 0 Å². The molecule has 2 atom stereocenters. The van der Waals surface area contributed by atoms with E-state index in [-0.39, 0.29) is 10.8 Å². The SMILES string of the molecule is CC1(C)C2CCC1(C[N+](C)(C)Cc1ccccc1)C(=O)C2. The van der Waals surface area contributed by atoms with Crippen LogP contribution in [0.1, 0.15) is 38.7 Å². The molecule has 21 heavy (non-hydrogen) atoms. The normalized spacial score (nSPS) is 30.9. The van der Waals surface area contributed by atoms with Crippen LogP contribution in [0.15, 0.2) is 30.3 Å². The minimum absolute atomic E-state index is 0.0874. The first kappa shape index (κ1) is 14.8. The van der Waals surface area contributed by atoms with Crippen molar-refractivity contribution < 1.29 is 9.28 Å². The lowest BCUT2D eigenvalue weighted by Gasteiger charge is -2.43. The molecule has 0 spiro atoms. The summed E-state index contributed by atoms with van der Waals surface area (Å²) in [7, 11) is 4.55. The predicted molar refractivity (Wildman–Crippen MR) is 85.7 cm³/mol. The Labute approximate surface area is 128 Å². The van der Waals surface area contributed by atoms with Crippen LogP contribution in [0, 0.1) is 16.7 Å². The highest BCUT2D eigenvalue weighted by Gasteiger charge is 2.66. The Morgan fingerprint density at radius 3 is 2.38 bits per heavy atom. The summed E-state index contributed by atoms with van der Waals surface area (Å²) in [6.45, 7) is 6.64. The second-order valence-electron chi connectivity index (χ2n) is 8.40. The molecule has 2 bridgehead atoms. The Hall–Kier alpha value is -1.15. The summed E-state index contributed by atoms with van der Waals surface area (Å²) >= 11 is 0. The number of ketones is 1. The summed E-state index contributed by atoms with van der Waals surface area (Å²) in [6, 6.07) is 10.6. The number of rotatable bonds is 4. The van der Waals surface area contributed by atoms with Gasteiger partial charge < -0.3 is 4.48 Å². The van der Waals surface area contributed by atoms with E-state index in [0.717, 1.165) is 30.4 Å². The van der Waals surface area contributed by atoms with Gasteiger partial charge in [0.05, 0.1) is 26.1 Å². The number of nitrogens with zero attached hydrogens (tertiary/aromatic N) is 1. The smallest absolute Gasteiger partial charge is 0.145 e. The highest BCUT2D eigenvalue weighted by molar-refractivity contribution is 5.89. The molecule has 0 saturated heterocycles. The molecule has 2 aliphatic carbocycles. The molecule has 3 rings (SSSR count). The number of hydrogen-bond acceptors (Lipinski definition) is 1. The van der Waals surface area contributed by atoms with Gasteiger partial charge in [0, 0.05) is 12.0 Å². The van der Waals surface area contributed by atoms with Crippen molar-refractivity contribution in [2.45, 2.75) is 39.7 Å². The van der Waals surface area contributed by atoms with Crippen molar-refractivity contribution in [3.05, 3.63) is 35.9 Å². The van der Waals surface area contributed by atoms with E-state index in [9.17, 15) is 4.79 Å². The monoisotopic (exact) mass is 286 g/mol. The van der Waals surface area contributed by atoms with Crippen LogP contribution in [0.3, 0.4) is 0 Å². The van der Waals surface area contributed by atoms with Crippen molar-refractivity contribution in [1.29, 1.82) is 0 Å². The summed E-state index contributed by atoms with van der Waals surface area (Å²) in [5.74, 6) is 1.14. The lowest BCUT2D eigenvalue weighted by molar-refractivity contribution is -0.909. The number of benzene rings is 1. The predicted octanol–water partition coefficient (Wildman–Crippen LogP) is 3.66. The maximum atomic E-state index is 12.7. The van der Waals surface area contributed by atoms with Gasteiger partial charge in [0.2, 0.25) is 0 Å². The van der Waals surface area contributed by atoms with E-state index in [2.05, 4.69) is 58.3 Å². The molecule has 0 radical (unpaired) electrons. The Kier molecular flexibility index (Phi) is 3.29. The van der Waals surface area contributed by atoms with Crippen LogP contribution in [0.2, 0.25) is 0 Å². The van der Waals surface area contributed by atoms with Gasteiger partial charge in [-0.25, -0.2) is 0 Å². The van der Waals surface area contributed by atoms with Crippen LogP contribution in [0.4, 0.5) is 0 Å². The van der Waals surface area contributed by atoms with E-state index in [4.69, 9.17) is 0 Å². The topological polar surface area (TPSA) is 17.1 Å². The fourth-order valence-electron chi connectivity index (χ4n) is 5.00. The first-order valence-corrected chi connectivity index (χ1v) is 8.16. The van der Waals surface area contributed by atoms with E-state index < -0.39 is 0 Å². The lowest BCUT2D eigenvalue weighted by atomic mass is 9.68. The fraction of sp³-hybridized carbons (Fsp3) is 0.632. The second kappa shape index (κ2) is 4.67. The summed E-state index contributed by atoms with van der Waals surface area (Å²) in [5.41, 5.74) is 1.45. The fourth-order valence-corrected chi connectivity index (χ4v) is 5.00. The molecule has 0 N–H and O–H groups in total. The zero-order valence-corrected chi connectivity index (χ0v) is 13.9. The maximum Gasteiger partial charge on any atom is 0.145 e. The Morgan fingerprint density at radius 1 is 1.19 bits per heavy atom. The highest BCUT2D eigenvalue weighted by atomic mass is 16.1. The largest absolute Gasteiger partial charge is 0.324 e. The van der Waals surface area contributed by atoms with Gasteiger partial charge in [-0.3, -0.25) is 4.79 Å². The molecule has 2 aliphatic rings. The standard InChI is InChI=1S/C19H28NO/c1-18(2)16-10-11-19(18,17(21)12-16)14-20(3,4)13-15-8-6-5-7-9-15/h5-9,16H,10-14H2,1-4H3/q+1. The average molecular weight is 286 g/mol. The minimum atomic E-state index is -0.0874. The number of quaternary nitrogens is 1. The Balaban J connectivity index is 1.83. The molecule has 0 heterocycles. The first-order chi connectivity index (χ1) is 9.77. The van der Waals surface area contributed by atoms with Crippen LogP contribution < -0.4 is 0 Å². The van der Waals surface area contributed by atoms with Crippen LogP contribution in [-0.2, 0) is 11.3 Å². The number of hydrogen-bond donors (Lipinski definition) is 0. The van der Waals surface area contributed by atoms with Gasteiger partial charge in [-0.15, -0.1) is 0 Å². The average Bonchev–Trinajstić information content (AvgIpc) is 2.72. The highest BCUT2D eigenvalue weighted by Crippen LogP contribution is 2.64. The number of carbonyl (C=O) groups excluding carboxylic acids is 1. The minimum Gasteiger partial charge on any atom is -0.324 e. The van der Waals surface area contributed by atoms with Gasteiger partial charge in [0.25, 0.3) is 0 Å². The third kappa shape index (κ3) is 2.24. The quantitative estimate of drug-likeness (QED) is 0.772. The third-order valence-electron chi connectivity index (χ3n) is 6.29. The molecule has 2 nitrogen and oxygen atoms in total. The van der Waals surface area contributed by atoms with Gasteiger partial charge in [0.1, 0.15) is 12.3 Å². The molecule has 1 aromatic carbocycles. The van der Waals surface area contributed by atoms with Crippen LogP contribution >= 0.6 is 0 Å². The molecule has 0 aromatic heterocycles. The van der Waals surface area contributed by atoms with E-state index >= 15 is 0 Å². The number of carbonyl (C=O) groups is 1. The molecular formula is C19H28NO+. The number of fused-ring (bicyclic) bond motifs is 2. The van der Waals surface area contributed by atoms with E-state index in [1.54, 1.807) is 0 Å². The van der Waals surface area contributed by atoms with E-state index in [1.807, 2.05) is 0 Å². The van der Waals surface area contributed by atoms with E-state index in [1.165, 1.54) is 12.0 Å². The summed E-state index contributed by atoms with van der Waals surface area (Å²) in [5, 5.41) is 0. The Bertz CT molecular complexity index is 546.